The Hall–Kier alpha value is -1.72. The molecule has 0 radical (unpaired) electrons. The number of hydrogen-bond acceptors (Lipinski definition) is 4. The van der Waals surface area contributed by atoms with Crippen LogP contribution in [-0.2, 0) is 13.0 Å². The molecule has 1 aromatic carbocycles. The minimum Gasteiger partial charge on any atom is -0.390 e. The summed E-state index contributed by atoms with van der Waals surface area (Å²) in [7, 11) is 0. The molecule has 0 amide bonds. The molecule has 22 heavy (non-hydrogen) atoms. The fourth-order valence-corrected chi connectivity index (χ4v) is 3.82. The molecule has 0 aliphatic rings. The topological polar surface area (TPSA) is 50.4 Å². The maximum atomic E-state index is 9.81. The molecule has 2 aromatic heterocycles. The van der Waals surface area contributed by atoms with Gasteiger partial charge in [0, 0.05) is 12.0 Å². The summed E-state index contributed by atoms with van der Waals surface area (Å²) in [5.41, 5.74) is 5.08. The lowest BCUT2D eigenvalue weighted by atomic mass is 10.0. The van der Waals surface area contributed by atoms with Crippen molar-refractivity contribution in [3.8, 4) is 11.3 Å². The van der Waals surface area contributed by atoms with Gasteiger partial charge in [-0.2, -0.15) is 5.10 Å². The predicted octanol–water partition coefficient (Wildman–Crippen LogP) is 3.77. The normalized spacial score (nSPS) is 11.7. The molecule has 2 heterocycles. The minimum atomic E-state index is -0.0608. The van der Waals surface area contributed by atoms with Gasteiger partial charge in [0.25, 0.3) is 0 Å². The van der Waals surface area contributed by atoms with Crippen LogP contribution in [0.2, 0.25) is 0 Å². The van der Waals surface area contributed by atoms with Crippen LogP contribution >= 0.6 is 11.3 Å². The molecule has 0 fully saturated rings. The molecule has 1 N–H and O–H groups in total. The molecule has 0 saturated heterocycles. The van der Waals surface area contributed by atoms with Gasteiger partial charge in [-0.25, -0.2) is 9.50 Å². The van der Waals surface area contributed by atoms with Gasteiger partial charge in [0.2, 0.25) is 4.96 Å². The summed E-state index contributed by atoms with van der Waals surface area (Å²) < 4.78 is 1.80. The lowest BCUT2D eigenvalue weighted by Crippen LogP contribution is -1.99. The van der Waals surface area contributed by atoms with E-state index in [4.69, 9.17) is 4.98 Å². The molecular formula is C17H21N3OS. The number of imidazole rings is 1. The zero-order valence-electron chi connectivity index (χ0n) is 13.4. The van der Waals surface area contributed by atoms with E-state index in [0.717, 1.165) is 33.3 Å². The number of rotatable bonds is 4. The van der Waals surface area contributed by atoms with Crippen molar-refractivity contribution in [1.82, 2.24) is 14.6 Å². The number of aliphatic hydroxyl groups excluding tert-OH is 1. The van der Waals surface area contributed by atoms with Crippen LogP contribution in [0.5, 0.6) is 0 Å². The second-order valence-corrected chi connectivity index (χ2v) is 7.21. The van der Waals surface area contributed by atoms with Crippen molar-refractivity contribution < 1.29 is 5.11 Å². The molecule has 116 valence electrons. The van der Waals surface area contributed by atoms with Gasteiger partial charge in [-0.05, 0) is 25.3 Å². The molecule has 4 nitrogen and oxygen atoms in total. The Balaban J connectivity index is 2.12. The fourth-order valence-electron chi connectivity index (χ4n) is 2.70. The van der Waals surface area contributed by atoms with Crippen LogP contribution in [0.25, 0.3) is 16.2 Å². The minimum absolute atomic E-state index is 0.0608. The third-order valence-corrected chi connectivity index (χ3v) is 4.64. The Labute approximate surface area is 134 Å². The average Bonchev–Trinajstić information content (AvgIpc) is 2.94. The van der Waals surface area contributed by atoms with Gasteiger partial charge >= 0.3 is 0 Å². The molecule has 0 bridgehead atoms. The highest BCUT2D eigenvalue weighted by molar-refractivity contribution is 7.16. The van der Waals surface area contributed by atoms with Crippen LogP contribution in [0.4, 0.5) is 0 Å². The van der Waals surface area contributed by atoms with Crippen molar-refractivity contribution in [3.63, 3.8) is 0 Å². The number of benzene rings is 1. The molecule has 3 aromatic rings. The number of fused-ring (bicyclic) bond motifs is 1. The van der Waals surface area contributed by atoms with E-state index >= 15 is 0 Å². The van der Waals surface area contributed by atoms with Gasteiger partial charge < -0.3 is 5.11 Å². The molecule has 5 heteroatoms. The van der Waals surface area contributed by atoms with E-state index in [-0.39, 0.29) is 6.61 Å². The van der Waals surface area contributed by atoms with Gasteiger partial charge in [0.05, 0.1) is 18.0 Å². The molecule has 3 rings (SSSR count). The second-order valence-electron chi connectivity index (χ2n) is 6.17. The van der Waals surface area contributed by atoms with Crippen LogP contribution in [0.1, 0.15) is 35.7 Å². The first-order valence-electron chi connectivity index (χ1n) is 7.55. The van der Waals surface area contributed by atoms with Gasteiger partial charge in [-0.15, -0.1) is 0 Å². The second kappa shape index (κ2) is 5.82. The summed E-state index contributed by atoms with van der Waals surface area (Å²) in [5, 5.41) is 15.5. The van der Waals surface area contributed by atoms with Crippen molar-refractivity contribution in [2.24, 2.45) is 5.92 Å². The lowest BCUT2D eigenvalue weighted by Gasteiger charge is -2.06. The largest absolute Gasteiger partial charge is 0.390 e. The Morgan fingerprint density at radius 1 is 1.27 bits per heavy atom. The van der Waals surface area contributed by atoms with Crippen molar-refractivity contribution in [2.75, 3.05) is 0 Å². The summed E-state index contributed by atoms with van der Waals surface area (Å²) in [6.07, 6.45) is 0.942. The highest BCUT2D eigenvalue weighted by atomic mass is 32.1. The van der Waals surface area contributed by atoms with E-state index < -0.39 is 0 Å². The van der Waals surface area contributed by atoms with Crippen molar-refractivity contribution in [3.05, 3.63) is 40.0 Å². The quantitative estimate of drug-likeness (QED) is 0.797. The average molecular weight is 315 g/mol. The Morgan fingerprint density at radius 2 is 2.05 bits per heavy atom. The summed E-state index contributed by atoms with van der Waals surface area (Å²) in [4.78, 5) is 5.59. The smallest absolute Gasteiger partial charge is 0.213 e. The lowest BCUT2D eigenvalue weighted by molar-refractivity contribution is 0.275. The predicted molar refractivity (Wildman–Crippen MR) is 90.2 cm³/mol. The van der Waals surface area contributed by atoms with E-state index in [0.29, 0.717) is 5.92 Å². The SMILES string of the molecule is Cc1ccc(-c2nc3sc(CC(C)C)nn3c2CO)c(C)c1. The molecule has 0 aliphatic heterocycles. The summed E-state index contributed by atoms with van der Waals surface area (Å²) in [6.45, 7) is 8.45. The van der Waals surface area contributed by atoms with E-state index in [1.54, 1.807) is 15.9 Å². The van der Waals surface area contributed by atoms with E-state index in [2.05, 4.69) is 51.0 Å². The van der Waals surface area contributed by atoms with Crippen LogP contribution < -0.4 is 0 Å². The third kappa shape index (κ3) is 2.66. The molecule has 0 unspecified atom stereocenters. The van der Waals surface area contributed by atoms with Gasteiger partial charge in [0.1, 0.15) is 5.01 Å². The monoisotopic (exact) mass is 315 g/mol. The molecule has 0 saturated carbocycles. The Morgan fingerprint density at radius 3 is 2.68 bits per heavy atom. The van der Waals surface area contributed by atoms with Crippen molar-refractivity contribution in [1.29, 1.82) is 0 Å². The molecule has 0 atom stereocenters. The summed E-state index contributed by atoms with van der Waals surface area (Å²) >= 11 is 1.61. The van der Waals surface area contributed by atoms with Gasteiger partial charge in [0.15, 0.2) is 0 Å². The van der Waals surface area contributed by atoms with Crippen molar-refractivity contribution in [2.45, 2.75) is 40.7 Å². The highest BCUT2D eigenvalue weighted by Crippen LogP contribution is 2.30. The van der Waals surface area contributed by atoms with E-state index in [1.165, 1.54) is 11.1 Å². The fraction of sp³-hybridized carbons (Fsp3) is 0.412. The molecular weight excluding hydrogens is 294 g/mol. The zero-order valence-corrected chi connectivity index (χ0v) is 14.2. The Bertz CT molecular complexity index is 817. The summed E-state index contributed by atoms with van der Waals surface area (Å²) in [6, 6.07) is 6.29. The first-order chi connectivity index (χ1) is 10.5. The highest BCUT2D eigenvalue weighted by Gasteiger charge is 2.18. The van der Waals surface area contributed by atoms with Crippen molar-refractivity contribution >= 4 is 16.3 Å². The standard InChI is InChI=1S/C17H21N3OS/c1-10(2)7-15-19-20-14(9-21)16(18-17(20)22-15)13-6-5-11(3)8-12(13)4/h5-6,8,10,21H,7,9H2,1-4H3. The number of aromatic nitrogens is 3. The number of aryl methyl sites for hydroxylation is 2. The number of nitrogens with zero attached hydrogens (tertiary/aromatic N) is 3. The number of hydrogen-bond donors (Lipinski definition) is 1. The summed E-state index contributed by atoms with van der Waals surface area (Å²) in [5.74, 6) is 0.562. The van der Waals surface area contributed by atoms with E-state index in [9.17, 15) is 5.11 Å². The molecule has 0 aliphatic carbocycles. The third-order valence-electron chi connectivity index (χ3n) is 3.71. The van der Waals surface area contributed by atoms with Gasteiger partial charge in [-0.1, -0.05) is 48.9 Å². The van der Waals surface area contributed by atoms with Crippen LogP contribution in [0.3, 0.4) is 0 Å². The van der Waals surface area contributed by atoms with Crippen LogP contribution in [-0.4, -0.2) is 19.7 Å². The maximum absolute atomic E-state index is 9.81. The number of aliphatic hydroxyl groups is 1. The first-order valence-corrected chi connectivity index (χ1v) is 8.37. The van der Waals surface area contributed by atoms with Crippen LogP contribution in [0.15, 0.2) is 18.2 Å². The zero-order chi connectivity index (χ0) is 15.9. The Kier molecular flexibility index (Phi) is 4.02. The van der Waals surface area contributed by atoms with Gasteiger partial charge in [-0.3, -0.25) is 0 Å². The van der Waals surface area contributed by atoms with Crippen LogP contribution in [0, 0.1) is 19.8 Å². The first kappa shape index (κ1) is 15.2. The molecule has 0 spiro atoms. The maximum Gasteiger partial charge on any atom is 0.213 e. The van der Waals surface area contributed by atoms with E-state index in [1.807, 2.05) is 0 Å².